The third-order valence-electron chi connectivity index (χ3n) is 0.750. The van der Waals surface area contributed by atoms with Crippen molar-refractivity contribution in [1.82, 2.24) is 0 Å². The van der Waals surface area contributed by atoms with Crippen LogP contribution in [0.15, 0.2) is 12.7 Å². The van der Waals surface area contributed by atoms with Gasteiger partial charge in [-0.1, -0.05) is 6.08 Å². The van der Waals surface area contributed by atoms with Crippen LogP contribution in [0.1, 0.15) is 6.92 Å². The number of thioether (sulfide) groups is 1. The lowest BCUT2D eigenvalue weighted by atomic mass is 10.6. The highest BCUT2D eigenvalue weighted by molar-refractivity contribution is 7.99. The van der Waals surface area contributed by atoms with Gasteiger partial charge in [0.25, 0.3) is 0 Å². The lowest BCUT2D eigenvalue weighted by molar-refractivity contribution is 0.217. The van der Waals surface area contributed by atoms with Gasteiger partial charge in [0.2, 0.25) is 0 Å². The van der Waals surface area contributed by atoms with E-state index < -0.39 is 0 Å². The molecule has 0 radical (unpaired) electrons. The van der Waals surface area contributed by atoms with Crippen molar-refractivity contribution < 1.29 is 4.74 Å². The van der Waals surface area contributed by atoms with E-state index in [0.717, 1.165) is 5.75 Å². The number of ether oxygens (including phenoxy) is 1. The topological polar surface area (TPSA) is 9.23 Å². The van der Waals surface area contributed by atoms with Gasteiger partial charge in [-0.3, -0.25) is 0 Å². The zero-order chi connectivity index (χ0) is 7.82. The molecule has 0 amide bonds. The lowest BCUT2D eigenvalue weighted by Crippen LogP contribution is -1.97. The maximum absolute atomic E-state index is 5.69. The van der Waals surface area contributed by atoms with Crippen LogP contribution in [-0.4, -0.2) is 23.7 Å². The third-order valence-corrected chi connectivity index (χ3v) is 2.16. The molecule has 3 heteroatoms. The minimum Gasteiger partial charge on any atom is -0.367 e. The number of hydrogen-bond donors (Lipinski definition) is 0. The molecule has 0 aliphatic rings. The number of rotatable bonds is 6. The smallest absolute Gasteiger partial charge is 0.0925 e. The van der Waals surface area contributed by atoms with Gasteiger partial charge < -0.3 is 4.74 Å². The number of hydrogen-bond acceptors (Lipinski definition) is 2. The average molecular weight is 181 g/mol. The molecule has 0 aliphatic heterocycles. The van der Waals surface area contributed by atoms with Gasteiger partial charge in [-0.25, -0.2) is 0 Å². The molecular formula is C7H13ClOS. The maximum atomic E-state index is 5.69. The van der Waals surface area contributed by atoms with E-state index in [2.05, 4.69) is 6.58 Å². The van der Waals surface area contributed by atoms with Crippen molar-refractivity contribution in [3.63, 3.8) is 0 Å². The zero-order valence-electron chi connectivity index (χ0n) is 6.18. The Morgan fingerprint density at radius 3 is 3.00 bits per heavy atom. The van der Waals surface area contributed by atoms with E-state index in [4.69, 9.17) is 16.3 Å². The number of halogens is 1. The first-order valence-electron chi connectivity index (χ1n) is 3.18. The predicted octanol–water partition coefficient (Wildman–Crippen LogP) is 2.51. The number of alkyl halides is 1. The van der Waals surface area contributed by atoms with Crippen molar-refractivity contribution in [2.24, 2.45) is 0 Å². The van der Waals surface area contributed by atoms with Crippen LogP contribution in [0, 0.1) is 0 Å². The van der Waals surface area contributed by atoms with Crippen LogP contribution in [0.5, 0.6) is 0 Å². The quantitative estimate of drug-likeness (QED) is 0.269. The first-order valence-corrected chi connectivity index (χ1v) is 4.77. The lowest BCUT2D eigenvalue weighted by Gasteiger charge is -2.01. The Hall–Kier alpha value is 0.340. The molecule has 0 spiro atoms. The highest BCUT2D eigenvalue weighted by Gasteiger charge is 1.94. The molecule has 1 nitrogen and oxygen atoms in total. The van der Waals surface area contributed by atoms with E-state index in [1.54, 1.807) is 17.8 Å². The molecular weight excluding hydrogens is 168 g/mol. The normalized spacial score (nSPS) is 13.0. The summed E-state index contributed by atoms with van der Waals surface area (Å²) >= 11 is 7.39. The molecule has 0 saturated carbocycles. The van der Waals surface area contributed by atoms with E-state index in [1.807, 2.05) is 6.92 Å². The summed E-state index contributed by atoms with van der Waals surface area (Å²) in [6.45, 7) is 6.14. The Morgan fingerprint density at radius 1 is 1.80 bits per heavy atom. The Labute approximate surface area is 71.8 Å². The molecule has 0 N–H and O–H groups in total. The molecule has 0 heterocycles. The van der Waals surface area contributed by atoms with Gasteiger partial charge in [0.1, 0.15) is 0 Å². The van der Waals surface area contributed by atoms with Gasteiger partial charge in [-0.15, -0.1) is 29.9 Å². The summed E-state index contributed by atoms with van der Waals surface area (Å²) in [4.78, 5) is 0. The first kappa shape index (κ1) is 10.3. The minimum atomic E-state index is 0.234. The van der Waals surface area contributed by atoms with Crippen molar-refractivity contribution >= 4 is 23.4 Å². The minimum absolute atomic E-state index is 0.234. The summed E-state index contributed by atoms with van der Waals surface area (Å²) in [5.41, 5.74) is 0. The van der Waals surface area contributed by atoms with Gasteiger partial charge in [-0.05, 0) is 6.92 Å². The highest BCUT2D eigenvalue weighted by atomic mass is 35.5. The monoisotopic (exact) mass is 180 g/mol. The summed E-state index contributed by atoms with van der Waals surface area (Å²) in [6, 6.07) is 0. The maximum Gasteiger partial charge on any atom is 0.0925 e. The van der Waals surface area contributed by atoms with Crippen LogP contribution in [0.25, 0.3) is 0 Å². The van der Waals surface area contributed by atoms with E-state index in [1.165, 1.54) is 0 Å². The van der Waals surface area contributed by atoms with Crippen LogP contribution in [0.3, 0.4) is 0 Å². The molecule has 0 aromatic carbocycles. The largest absolute Gasteiger partial charge is 0.367 e. The SMILES string of the molecule is C=CCOCSCC(C)Cl. The fourth-order valence-corrected chi connectivity index (χ4v) is 1.30. The molecule has 1 unspecified atom stereocenters. The Balaban J connectivity index is 2.83. The van der Waals surface area contributed by atoms with Crippen LogP contribution >= 0.6 is 23.4 Å². The second-order valence-corrected chi connectivity index (χ2v) is 3.65. The molecule has 0 saturated heterocycles. The average Bonchev–Trinajstić information content (AvgIpc) is 1.87. The van der Waals surface area contributed by atoms with Gasteiger partial charge in [0.15, 0.2) is 0 Å². The summed E-state index contributed by atoms with van der Waals surface area (Å²) in [5.74, 6) is 1.65. The molecule has 1 atom stereocenters. The standard InChI is InChI=1S/C7H13ClOS/c1-3-4-9-6-10-5-7(2)8/h3,7H,1,4-6H2,2H3. The van der Waals surface area contributed by atoms with Crippen LogP contribution < -0.4 is 0 Å². The van der Waals surface area contributed by atoms with Crippen molar-refractivity contribution in [2.45, 2.75) is 12.3 Å². The zero-order valence-corrected chi connectivity index (χ0v) is 7.75. The molecule has 0 rings (SSSR count). The van der Waals surface area contributed by atoms with Crippen LogP contribution in [0.4, 0.5) is 0 Å². The third kappa shape index (κ3) is 8.34. The summed E-state index contributed by atoms with van der Waals surface area (Å²) in [5, 5.41) is 0.234. The molecule has 0 aliphatic carbocycles. The first-order chi connectivity index (χ1) is 4.77. The van der Waals surface area contributed by atoms with Crippen molar-refractivity contribution in [3.8, 4) is 0 Å². The van der Waals surface area contributed by atoms with Gasteiger partial charge in [0.05, 0.1) is 12.5 Å². The fourth-order valence-electron chi connectivity index (χ4n) is 0.401. The molecule has 0 aromatic heterocycles. The van der Waals surface area contributed by atoms with Crippen LogP contribution in [0.2, 0.25) is 0 Å². The summed E-state index contributed by atoms with van der Waals surface area (Å²) in [7, 11) is 0. The fraction of sp³-hybridized carbons (Fsp3) is 0.714. The second-order valence-electron chi connectivity index (χ2n) is 1.93. The van der Waals surface area contributed by atoms with Crippen LogP contribution in [-0.2, 0) is 4.74 Å². The molecule has 0 bridgehead atoms. The summed E-state index contributed by atoms with van der Waals surface area (Å²) < 4.78 is 5.12. The van der Waals surface area contributed by atoms with Gasteiger partial charge in [0, 0.05) is 11.1 Å². The molecule has 10 heavy (non-hydrogen) atoms. The van der Waals surface area contributed by atoms with Crippen molar-refractivity contribution in [2.75, 3.05) is 18.3 Å². The summed E-state index contributed by atoms with van der Waals surface area (Å²) in [6.07, 6.45) is 1.74. The van der Waals surface area contributed by atoms with E-state index in [9.17, 15) is 0 Å². The molecule has 60 valence electrons. The Morgan fingerprint density at radius 2 is 2.50 bits per heavy atom. The molecule has 0 fully saturated rings. The van der Waals surface area contributed by atoms with Crippen molar-refractivity contribution in [1.29, 1.82) is 0 Å². The van der Waals surface area contributed by atoms with E-state index in [0.29, 0.717) is 12.5 Å². The van der Waals surface area contributed by atoms with E-state index in [-0.39, 0.29) is 5.38 Å². The Bertz CT molecular complexity index is 85.7. The van der Waals surface area contributed by atoms with Crippen molar-refractivity contribution in [3.05, 3.63) is 12.7 Å². The van der Waals surface area contributed by atoms with Gasteiger partial charge >= 0.3 is 0 Å². The molecule has 0 aromatic rings. The van der Waals surface area contributed by atoms with Gasteiger partial charge in [-0.2, -0.15) is 0 Å². The second kappa shape index (κ2) is 7.45. The highest BCUT2D eigenvalue weighted by Crippen LogP contribution is 2.06. The van der Waals surface area contributed by atoms with E-state index >= 15 is 0 Å². The Kier molecular flexibility index (Phi) is 7.70. The predicted molar refractivity (Wildman–Crippen MR) is 48.8 cm³/mol.